The molecule has 1 rings (SSSR count). The summed E-state index contributed by atoms with van der Waals surface area (Å²) in [5.41, 5.74) is -0.873. The monoisotopic (exact) mass is 244 g/mol. The number of carbonyl (C=O) groups is 2. The molecular formula is C11H20N2O4. The van der Waals surface area contributed by atoms with Gasteiger partial charge in [0.05, 0.1) is 5.41 Å². The zero-order valence-corrected chi connectivity index (χ0v) is 10.4. The van der Waals surface area contributed by atoms with Gasteiger partial charge in [-0.05, 0) is 19.8 Å². The molecule has 0 unspecified atom stereocenters. The molecule has 2 N–H and O–H groups in total. The van der Waals surface area contributed by atoms with Crippen LogP contribution in [-0.2, 0) is 9.53 Å². The molecule has 0 aromatic carbocycles. The van der Waals surface area contributed by atoms with Crippen molar-refractivity contribution in [1.82, 2.24) is 10.2 Å². The number of hydrogen-bond acceptors (Lipinski definition) is 3. The van der Waals surface area contributed by atoms with Crippen molar-refractivity contribution in [2.24, 2.45) is 5.41 Å². The lowest BCUT2D eigenvalue weighted by Crippen LogP contribution is -2.49. The van der Waals surface area contributed by atoms with Crippen LogP contribution in [0.15, 0.2) is 0 Å². The molecule has 6 nitrogen and oxygen atoms in total. The predicted octanol–water partition coefficient (Wildman–Crippen LogP) is 0.529. The third-order valence-electron chi connectivity index (χ3n) is 3.30. The summed E-state index contributed by atoms with van der Waals surface area (Å²) < 4.78 is 5.16. The molecule has 1 fully saturated rings. The fourth-order valence-corrected chi connectivity index (χ4v) is 1.75. The van der Waals surface area contributed by atoms with Crippen molar-refractivity contribution in [3.8, 4) is 0 Å². The van der Waals surface area contributed by atoms with E-state index in [9.17, 15) is 14.7 Å². The van der Waals surface area contributed by atoms with Crippen LogP contribution in [0.1, 0.15) is 19.8 Å². The van der Waals surface area contributed by atoms with E-state index < -0.39 is 11.4 Å². The summed E-state index contributed by atoms with van der Waals surface area (Å²) in [6, 6.07) is -0.236. The number of carbonyl (C=O) groups excluding carboxylic acids is 1. The summed E-state index contributed by atoms with van der Waals surface area (Å²) in [4.78, 5) is 24.4. The van der Waals surface area contributed by atoms with Crippen molar-refractivity contribution in [1.29, 1.82) is 0 Å². The smallest absolute Gasteiger partial charge is 0.317 e. The summed E-state index contributed by atoms with van der Waals surface area (Å²) in [5, 5.41) is 12.0. The predicted molar refractivity (Wildman–Crippen MR) is 61.8 cm³/mol. The molecule has 0 aliphatic carbocycles. The summed E-state index contributed by atoms with van der Waals surface area (Å²) in [6.45, 7) is 3.49. The second kappa shape index (κ2) is 5.86. The third-order valence-corrected chi connectivity index (χ3v) is 3.30. The van der Waals surface area contributed by atoms with E-state index in [-0.39, 0.29) is 12.6 Å². The molecule has 0 atom stereocenters. The number of carboxylic acids is 1. The third kappa shape index (κ3) is 3.33. The minimum atomic E-state index is -0.873. The number of rotatable bonds is 4. The van der Waals surface area contributed by atoms with Crippen molar-refractivity contribution in [3.05, 3.63) is 0 Å². The van der Waals surface area contributed by atoms with E-state index >= 15 is 0 Å². The molecule has 98 valence electrons. The van der Waals surface area contributed by atoms with Crippen molar-refractivity contribution >= 4 is 12.0 Å². The van der Waals surface area contributed by atoms with Gasteiger partial charge in [-0.3, -0.25) is 4.79 Å². The fraction of sp³-hybridized carbons (Fsp3) is 0.818. The van der Waals surface area contributed by atoms with E-state index in [4.69, 9.17) is 4.74 Å². The highest BCUT2D eigenvalue weighted by Gasteiger charge is 2.40. The van der Waals surface area contributed by atoms with E-state index in [1.54, 1.807) is 7.05 Å². The van der Waals surface area contributed by atoms with Crippen LogP contribution in [0.5, 0.6) is 0 Å². The Morgan fingerprint density at radius 1 is 1.41 bits per heavy atom. The molecule has 0 saturated carbocycles. The Morgan fingerprint density at radius 3 is 2.47 bits per heavy atom. The summed E-state index contributed by atoms with van der Waals surface area (Å²) in [6.07, 6.45) is 0.886. The second-order valence-corrected chi connectivity index (χ2v) is 4.37. The molecule has 1 aliphatic heterocycles. The normalized spacial score (nSPS) is 18.5. The molecule has 1 saturated heterocycles. The maximum Gasteiger partial charge on any atom is 0.317 e. The van der Waals surface area contributed by atoms with Gasteiger partial charge in [0, 0.05) is 33.4 Å². The Balaban J connectivity index is 2.56. The molecule has 17 heavy (non-hydrogen) atoms. The number of aliphatic carboxylic acids is 1. The lowest BCUT2D eigenvalue weighted by molar-refractivity contribution is -0.154. The van der Waals surface area contributed by atoms with Crippen LogP contribution < -0.4 is 5.32 Å². The summed E-state index contributed by atoms with van der Waals surface area (Å²) >= 11 is 0. The standard InChI is InChI=1S/C11H20N2O4/c1-3-13(2)10(16)12-8-11(9(14)15)4-6-17-7-5-11/h3-8H2,1-2H3,(H,12,16)(H,14,15). The topological polar surface area (TPSA) is 78.9 Å². The molecule has 2 amide bonds. The summed E-state index contributed by atoms with van der Waals surface area (Å²) in [5.74, 6) is -0.861. The van der Waals surface area contributed by atoms with Gasteiger partial charge in [0.25, 0.3) is 0 Å². The largest absolute Gasteiger partial charge is 0.481 e. The Morgan fingerprint density at radius 2 is 2.00 bits per heavy atom. The number of nitrogens with one attached hydrogen (secondary N) is 1. The van der Waals surface area contributed by atoms with Gasteiger partial charge >= 0.3 is 12.0 Å². The highest BCUT2D eigenvalue weighted by molar-refractivity contribution is 5.78. The number of ether oxygens (including phenoxy) is 1. The van der Waals surface area contributed by atoms with Gasteiger partial charge in [0.1, 0.15) is 0 Å². The zero-order chi connectivity index (χ0) is 12.9. The van der Waals surface area contributed by atoms with Gasteiger partial charge in [-0.25, -0.2) is 4.79 Å². The Hall–Kier alpha value is -1.30. The molecule has 0 aromatic rings. The number of urea groups is 1. The number of hydrogen-bond donors (Lipinski definition) is 2. The second-order valence-electron chi connectivity index (χ2n) is 4.37. The SMILES string of the molecule is CCN(C)C(=O)NCC1(C(=O)O)CCOCC1. The van der Waals surface area contributed by atoms with E-state index in [0.717, 1.165) is 0 Å². The molecule has 0 spiro atoms. The highest BCUT2D eigenvalue weighted by Crippen LogP contribution is 2.30. The number of carboxylic acid groups (broad SMARTS) is 1. The molecule has 0 aromatic heterocycles. The van der Waals surface area contributed by atoms with Gasteiger partial charge < -0.3 is 20.1 Å². The Kier molecular flexibility index (Phi) is 4.74. The van der Waals surface area contributed by atoms with Crippen LogP contribution in [0.2, 0.25) is 0 Å². The fourth-order valence-electron chi connectivity index (χ4n) is 1.75. The van der Waals surface area contributed by atoms with Crippen LogP contribution in [0.4, 0.5) is 4.79 Å². The maximum absolute atomic E-state index is 11.6. The van der Waals surface area contributed by atoms with Crippen molar-refractivity contribution in [3.63, 3.8) is 0 Å². The quantitative estimate of drug-likeness (QED) is 0.756. The molecule has 1 aliphatic rings. The zero-order valence-electron chi connectivity index (χ0n) is 10.4. The van der Waals surface area contributed by atoms with Crippen molar-refractivity contribution in [2.75, 3.05) is 33.4 Å². The first-order chi connectivity index (χ1) is 8.02. The minimum Gasteiger partial charge on any atom is -0.481 e. The minimum absolute atomic E-state index is 0.162. The van der Waals surface area contributed by atoms with Gasteiger partial charge in [0.2, 0.25) is 0 Å². The average molecular weight is 244 g/mol. The molecule has 0 bridgehead atoms. The van der Waals surface area contributed by atoms with E-state index in [0.29, 0.717) is 32.6 Å². The first-order valence-corrected chi connectivity index (χ1v) is 5.82. The first kappa shape index (κ1) is 13.8. The van der Waals surface area contributed by atoms with Crippen LogP contribution >= 0.6 is 0 Å². The van der Waals surface area contributed by atoms with E-state index in [1.165, 1.54) is 4.90 Å². The van der Waals surface area contributed by atoms with Crippen molar-refractivity contribution < 1.29 is 19.4 Å². The van der Waals surface area contributed by atoms with Gasteiger partial charge in [-0.1, -0.05) is 0 Å². The molecule has 6 heteroatoms. The van der Waals surface area contributed by atoms with Crippen LogP contribution in [0.25, 0.3) is 0 Å². The van der Waals surface area contributed by atoms with Gasteiger partial charge in [0.15, 0.2) is 0 Å². The average Bonchev–Trinajstić information content (AvgIpc) is 2.35. The maximum atomic E-state index is 11.6. The molecule has 0 radical (unpaired) electrons. The van der Waals surface area contributed by atoms with Crippen LogP contribution in [0.3, 0.4) is 0 Å². The lowest BCUT2D eigenvalue weighted by Gasteiger charge is -2.33. The Bertz CT molecular complexity index is 287. The number of amides is 2. The van der Waals surface area contributed by atoms with Crippen LogP contribution in [-0.4, -0.2) is 55.4 Å². The van der Waals surface area contributed by atoms with E-state index in [2.05, 4.69) is 5.32 Å². The highest BCUT2D eigenvalue weighted by atomic mass is 16.5. The van der Waals surface area contributed by atoms with Gasteiger partial charge in [-0.2, -0.15) is 0 Å². The molecule has 1 heterocycles. The number of nitrogens with zero attached hydrogens (tertiary/aromatic N) is 1. The van der Waals surface area contributed by atoms with Gasteiger partial charge in [-0.15, -0.1) is 0 Å². The Labute approximate surface area is 101 Å². The first-order valence-electron chi connectivity index (χ1n) is 5.82. The van der Waals surface area contributed by atoms with Crippen molar-refractivity contribution in [2.45, 2.75) is 19.8 Å². The van der Waals surface area contributed by atoms with Crippen LogP contribution in [0, 0.1) is 5.41 Å². The lowest BCUT2D eigenvalue weighted by atomic mass is 9.80. The summed E-state index contributed by atoms with van der Waals surface area (Å²) in [7, 11) is 1.67. The molecular weight excluding hydrogens is 224 g/mol. The van der Waals surface area contributed by atoms with E-state index in [1.807, 2.05) is 6.92 Å².